The number of aromatic nitrogens is 1. The molecule has 1 amide bonds. The molecule has 6 nitrogen and oxygen atoms in total. The Balaban J connectivity index is 1.89. The number of ether oxygens (including phenoxy) is 1. The van der Waals surface area contributed by atoms with Gasteiger partial charge in [-0.3, -0.25) is 4.90 Å². The second-order valence-corrected chi connectivity index (χ2v) is 10.0. The maximum absolute atomic E-state index is 13.1. The van der Waals surface area contributed by atoms with Crippen molar-refractivity contribution in [2.45, 2.75) is 41.9 Å². The number of benzene rings is 1. The Labute approximate surface area is 178 Å². The SMILES string of the molecule is CC(C)([C@@H]1CN(c2ccc(C(F)(F)F)nc2)C(=O)O1)S(=O)(=O)c1cccc(C(F)(F)F)c1. The zero-order valence-corrected chi connectivity index (χ0v) is 17.3. The van der Waals surface area contributed by atoms with Crippen LogP contribution in [0, 0.1) is 0 Å². The minimum Gasteiger partial charge on any atom is -0.442 e. The standard InChI is InChI=1S/C19H16F6N2O4S/c1-17(2,32(29,30)13-5-3-4-11(8-13)18(20,21)22)15-10-27(16(28)31-15)12-6-7-14(26-9-12)19(23,24)25/h3-9,15H,10H2,1-2H3/t15-/m0/s1. The van der Waals surface area contributed by atoms with Crippen molar-refractivity contribution in [3.8, 4) is 0 Å². The van der Waals surface area contributed by atoms with Gasteiger partial charge in [-0.15, -0.1) is 0 Å². The lowest BCUT2D eigenvalue weighted by Gasteiger charge is -2.29. The molecule has 1 aromatic heterocycles. The fraction of sp³-hybridized carbons (Fsp3) is 0.368. The highest BCUT2D eigenvalue weighted by atomic mass is 32.2. The van der Waals surface area contributed by atoms with Crippen molar-refractivity contribution in [3.05, 3.63) is 53.9 Å². The van der Waals surface area contributed by atoms with Crippen LogP contribution in [-0.2, 0) is 26.9 Å². The fourth-order valence-corrected chi connectivity index (χ4v) is 4.68. The number of anilines is 1. The summed E-state index contributed by atoms with van der Waals surface area (Å²) in [4.78, 5) is 15.8. The summed E-state index contributed by atoms with van der Waals surface area (Å²) in [6, 6.07) is 4.80. The van der Waals surface area contributed by atoms with Gasteiger partial charge in [-0.25, -0.2) is 18.2 Å². The zero-order chi connectivity index (χ0) is 24.1. The van der Waals surface area contributed by atoms with E-state index in [1.807, 2.05) is 0 Å². The van der Waals surface area contributed by atoms with Crippen LogP contribution in [-0.4, -0.2) is 36.9 Å². The van der Waals surface area contributed by atoms with Crippen LogP contribution in [0.1, 0.15) is 25.1 Å². The highest BCUT2D eigenvalue weighted by Crippen LogP contribution is 2.37. The van der Waals surface area contributed by atoms with E-state index in [9.17, 15) is 39.6 Å². The van der Waals surface area contributed by atoms with E-state index in [1.54, 1.807) is 0 Å². The van der Waals surface area contributed by atoms with Crippen LogP contribution in [0.5, 0.6) is 0 Å². The van der Waals surface area contributed by atoms with Gasteiger partial charge in [-0.05, 0) is 44.2 Å². The number of sulfone groups is 1. The van der Waals surface area contributed by atoms with Crippen molar-refractivity contribution >= 4 is 21.6 Å². The van der Waals surface area contributed by atoms with E-state index in [-0.39, 0.29) is 12.2 Å². The normalized spacial score (nSPS) is 18.1. The third-order valence-corrected chi connectivity index (χ3v) is 7.62. The lowest BCUT2D eigenvalue weighted by molar-refractivity contribution is -0.141. The third kappa shape index (κ3) is 4.25. The molecule has 1 aliphatic heterocycles. The Hall–Kier alpha value is -2.83. The molecule has 0 aliphatic carbocycles. The van der Waals surface area contributed by atoms with Crippen LogP contribution in [0.3, 0.4) is 0 Å². The average molecular weight is 482 g/mol. The lowest BCUT2D eigenvalue weighted by Crippen LogP contribution is -2.46. The van der Waals surface area contributed by atoms with E-state index in [0.29, 0.717) is 12.1 Å². The van der Waals surface area contributed by atoms with Gasteiger partial charge in [0.1, 0.15) is 16.5 Å². The molecule has 1 saturated heterocycles. The average Bonchev–Trinajstić information content (AvgIpc) is 3.09. The minimum atomic E-state index is -4.76. The molecule has 0 unspecified atom stereocenters. The molecule has 0 spiro atoms. The van der Waals surface area contributed by atoms with Crippen molar-refractivity contribution < 1.29 is 44.3 Å². The number of nitrogens with zero attached hydrogens (tertiary/aromatic N) is 2. The summed E-state index contributed by atoms with van der Waals surface area (Å²) < 4.78 is 107. The van der Waals surface area contributed by atoms with Crippen molar-refractivity contribution in [2.24, 2.45) is 0 Å². The summed E-state index contributed by atoms with van der Waals surface area (Å²) in [5.41, 5.74) is -2.40. The first-order chi connectivity index (χ1) is 14.5. The van der Waals surface area contributed by atoms with Crippen molar-refractivity contribution in [2.75, 3.05) is 11.4 Å². The van der Waals surface area contributed by atoms with Gasteiger partial charge in [0.15, 0.2) is 9.84 Å². The molecule has 1 aromatic carbocycles. The van der Waals surface area contributed by atoms with E-state index in [2.05, 4.69) is 4.98 Å². The molecule has 0 bridgehead atoms. The number of pyridine rings is 1. The number of cyclic esters (lactones) is 1. The Morgan fingerprint density at radius 1 is 1.03 bits per heavy atom. The second-order valence-electron chi connectivity index (χ2n) is 7.51. The summed E-state index contributed by atoms with van der Waals surface area (Å²) in [6.07, 6.45) is -11.0. The van der Waals surface area contributed by atoms with Gasteiger partial charge in [0.05, 0.1) is 28.9 Å². The maximum atomic E-state index is 13.1. The summed E-state index contributed by atoms with van der Waals surface area (Å²) in [6.45, 7) is 2.02. The van der Waals surface area contributed by atoms with E-state index in [1.165, 1.54) is 13.8 Å². The van der Waals surface area contributed by atoms with E-state index < -0.39 is 55.3 Å². The molecule has 2 heterocycles. The Kier molecular flexibility index (Phi) is 5.69. The van der Waals surface area contributed by atoms with Crippen LogP contribution in [0.4, 0.5) is 36.8 Å². The van der Waals surface area contributed by atoms with Crippen molar-refractivity contribution in [1.82, 2.24) is 4.98 Å². The van der Waals surface area contributed by atoms with Gasteiger partial charge in [0.25, 0.3) is 0 Å². The molecule has 32 heavy (non-hydrogen) atoms. The number of carbonyl (C=O) groups is 1. The number of hydrogen-bond acceptors (Lipinski definition) is 5. The number of alkyl halides is 6. The van der Waals surface area contributed by atoms with Gasteiger partial charge < -0.3 is 4.74 Å². The summed E-state index contributed by atoms with van der Waals surface area (Å²) in [7, 11) is -4.43. The number of rotatable bonds is 4. The van der Waals surface area contributed by atoms with Gasteiger partial charge >= 0.3 is 18.4 Å². The molecular formula is C19H16F6N2O4S. The molecule has 0 radical (unpaired) electrons. The molecular weight excluding hydrogens is 466 g/mol. The second kappa shape index (κ2) is 7.64. The van der Waals surface area contributed by atoms with Crippen LogP contribution in [0.15, 0.2) is 47.5 Å². The van der Waals surface area contributed by atoms with Gasteiger partial charge in [-0.2, -0.15) is 26.3 Å². The van der Waals surface area contributed by atoms with Gasteiger partial charge in [0, 0.05) is 0 Å². The molecule has 0 N–H and O–H groups in total. The lowest BCUT2D eigenvalue weighted by atomic mass is 10.1. The largest absolute Gasteiger partial charge is 0.442 e. The summed E-state index contributed by atoms with van der Waals surface area (Å²) in [5.74, 6) is 0. The summed E-state index contributed by atoms with van der Waals surface area (Å²) >= 11 is 0. The highest BCUT2D eigenvalue weighted by molar-refractivity contribution is 7.92. The molecule has 2 aromatic rings. The smallest absolute Gasteiger partial charge is 0.433 e. The van der Waals surface area contributed by atoms with Crippen LogP contribution in [0.2, 0.25) is 0 Å². The van der Waals surface area contributed by atoms with E-state index >= 15 is 0 Å². The van der Waals surface area contributed by atoms with E-state index in [0.717, 1.165) is 35.4 Å². The monoisotopic (exact) mass is 482 g/mol. The number of halogens is 6. The molecule has 1 aliphatic rings. The maximum Gasteiger partial charge on any atom is 0.433 e. The topological polar surface area (TPSA) is 76.6 Å². The first-order valence-electron chi connectivity index (χ1n) is 8.98. The molecule has 13 heteroatoms. The molecule has 0 saturated carbocycles. The predicted octanol–water partition coefficient (Wildman–Crippen LogP) is 4.70. The summed E-state index contributed by atoms with van der Waals surface area (Å²) in [5, 5.41) is 0. The number of amides is 1. The predicted molar refractivity (Wildman–Crippen MR) is 99.6 cm³/mol. The molecule has 3 rings (SSSR count). The third-order valence-electron chi connectivity index (χ3n) is 5.10. The Morgan fingerprint density at radius 2 is 1.69 bits per heavy atom. The minimum absolute atomic E-state index is 0.0576. The highest BCUT2D eigenvalue weighted by Gasteiger charge is 2.50. The van der Waals surface area contributed by atoms with Crippen molar-refractivity contribution in [1.29, 1.82) is 0 Å². The molecule has 1 fully saturated rings. The zero-order valence-electron chi connectivity index (χ0n) is 16.5. The van der Waals surface area contributed by atoms with Crippen LogP contribution in [0.25, 0.3) is 0 Å². The fourth-order valence-electron chi connectivity index (χ4n) is 3.07. The Morgan fingerprint density at radius 3 is 2.22 bits per heavy atom. The molecule has 1 atom stereocenters. The molecule has 174 valence electrons. The quantitative estimate of drug-likeness (QED) is 0.591. The van der Waals surface area contributed by atoms with E-state index in [4.69, 9.17) is 4.74 Å². The van der Waals surface area contributed by atoms with Gasteiger partial charge in [0.2, 0.25) is 0 Å². The first kappa shape index (κ1) is 23.8. The first-order valence-corrected chi connectivity index (χ1v) is 10.5. The number of hydrogen-bond donors (Lipinski definition) is 0. The van der Waals surface area contributed by atoms with Gasteiger partial charge in [-0.1, -0.05) is 6.07 Å². The number of carbonyl (C=O) groups excluding carboxylic acids is 1. The van der Waals surface area contributed by atoms with Crippen molar-refractivity contribution in [3.63, 3.8) is 0 Å². The van der Waals surface area contributed by atoms with Crippen LogP contribution >= 0.6 is 0 Å². The Bertz CT molecular complexity index is 1130. The van der Waals surface area contributed by atoms with Crippen LogP contribution < -0.4 is 4.90 Å².